The largest absolute Gasteiger partial charge is 0.466 e. The Kier molecular flexibility index (Phi) is 22.8. The van der Waals surface area contributed by atoms with Gasteiger partial charge >= 0.3 is 11.9 Å². The molecule has 0 aromatic carbocycles. The lowest BCUT2D eigenvalue weighted by Crippen LogP contribution is -2.17. The third kappa shape index (κ3) is 20.6. The first-order valence-electron chi connectivity index (χ1n) is 13.5. The normalized spacial score (nSPS) is 12.0. The Morgan fingerprint density at radius 2 is 1.06 bits per heavy atom. The molecule has 0 radical (unpaired) electrons. The van der Waals surface area contributed by atoms with Gasteiger partial charge in [-0.3, -0.25) is 9.59 Å². The van der Waals surface area contributed by atoms with Crippen molar-refractivity contribution in [3.05, 3.63) is 0 Å². The molecule has 0 aliphatic heterocycles. The Morgan fingerprint density at radius 3 is 1.58 bits per heavy atom. The standard InChI is InChI=1S/C27H52O4/c1-4-7-19-23-30-26(28)22-18-16-14-12-10-9-11-13-15-17-21-25(6-3)27(29)31-24-20-8-5-2/h25H,4-24H2,1-3H3. The molecule has 4 heteroatoms. The lowest BCUT2D eigenvalue weighted by Gasteiger charge is -2.14. The molecule has 0 aliphatic carbocycles. The van der Waals surface area contributed by atoms with Crippen LogP contribution in [-0.4, -0.2) is 25.2 Å². The molecule has 0 fully saturated rings. The zero-order chi connectivity index (χ0) is 23.0. The van der Waals surface area contributed by atoms with Crippen molar-refractivity contribution in [2.24, 2.45) is 5.92 Å². The highest BCUT2D eigenvalue weighted by Crippen LogP contribution is 2.18. The molecule has 1 atom stereocenters. The Bertz CT molecular complexity index is 408. The number of carbonyl (C=O) groups excluding carboxylic acids is 2. The molecule has 0 aliphatic rings. The summed E-state index contributed by atoms with van der Waals surface area (Å²) in [5.41, 5.74) is 0. The zero-order valence-electron chi connectivity index (χ0n) is 21.1. The van der Waals surface area contributed by atoms with E-state index < -0.39 is 0 Å². The van der Waals surface area contributed by atoms with Gasteiger partial charge in [0.15, 0.2) is 0 Å². The number of unbranched alkanes of at least 4 members (excludes halogenated alkanes) is 13. The fraction of sp³-hybridized carbons (Fsp3) is 0.926. The molecule has 0 bridgehead atoms. The van der Waals surface area contributed by atoms with Gasteiger partial charge in [-0.05, 0) is 32.1 Å². The van der Waals surface area contributed by atoms with Crippen LogP contribution >= 0.6 is 0 Å². The van der Waals surface area contributed by atoms with Crippen molar-refractivity contribution in [3.8, 4) is 0 Å². The van der Waals surface area contributed by atoms with Crippen molar-refractivity contribution in [3.63, 3.8) is 0 Å². The average molecular weight is 441 g/mol. The maximum absolute atomic E-state index is 12.1. The van der Waals surface area contributed by atoms with Crippen LogP contribution in [0.4, 0.5) is 0 Å². The third-order valence-corrected chi connectivity index (χ3v) is 6.01. The number of hydrogen-bond donors (Lipinski definition) is 0. The van der Waals surface area contributed by atoms with Gasteiger partial charge in [0.2, 0.25) is 0 Å². The number of hydrogen-bond acceptors (Lipinski definition) is 4. The summed E-state index contributed by atoms with van der Waals surface area (Å²) >= 11 is 0. The fourth-order valence-corrected chi connectivity index (χ4v) is 3.82. The summed E-state index contributed by atoms with van der Waals surface area (Å²) in [5, 5.41) is 0. The van der Waals surface area contributed by atoms with Crippen LogP contribution in [0.2, 0.25) is 0 Å². The van der Waals surface area contributed by atoms with E-state index in [2.05, 4.69) is 20.8 Å². The Hall–Kier alpha value is -1.06. The third-order valence-electron chi connectivity index (χ3n) is 6.01. The highest BCUT2D eigenvalue weighted by molar-refractivity contribution is 5.72. The lowest BCUT2D eigenvalue weighted by molar-refractivity contribution is -0.149. The van der Waals surface area contributed by atoms with Crippen LogP contribution in [0.1, 0.15) is 143 Å². The van der Waals surface area contributed by atoms with E-state index in [-0.39, 0.29) is 17.9 Å². The first-order chi connectivity index (χ1) is 15.2. The summed E-state index contributed by atoms with van der Waals surface area (Å²) in [7, 11) is 0. The van der Waals surface area contributed by atoms with E-state index in [4.69, 9.17) is 9.47 Å². The molecular weight excluding hydrogens is 388 g/mol. The lowest BCUT2D eigenvalue weighted by atomic mass is 9.97. The van der Waals surface area contributed by atoms with Gasteiger partial charge in [-0.2, -0.15) is 0 Å². The highest BCUT2D eigenvalue weighted by Gasteiger charge is 2.17. The van der Waals surface area contributed by atoms with Gasteiger partial charge in [0, 0.05) is 6.42 Å². The molecular formula is C27H52O4. The van der Waals surface area contributed by atoms with Gasteiger partial charge in [-0.15, -0.1) is 0 Å². The van der Waals surface area contributed by atoms with E-state index in [0.717, 1.165) is 70.6 Å². The van der Waals surface area contributed by atoms with Gasteiger partial charge in [0.1, 0.15) is 0 Å². The monoisotopic (exact) mass is 440 g/mol. The molecule has 0 rings (SSSR count). The SMILES string of the molecule is CCCCCOC(=O)CCCCCCCCCCCCC(CC)C(=O)OCCCCC. The van der Waals surface area contributed by atoms with Crippen molar-refractivity contribution in [1.82, 2.24) is 0 Å². The zero-order valence-corrected chi connectivity index (χ0v) is 21.1. The first-order valence-corrected chi connectivity index (χ1v) is 13.5. The van der Waals surface area contributed by atoms with Crippen LogP contribution in [0.5, 0.6) is 0 Å². The summed E-state index contributed by atoms with van der Waals surface area (Å²) in [6, 6.07) is 0. The second kappa shape index (κ2) is 23.6. The van der Waals surface area contributed by atoms with Crippen molar-refractivity contribution in [1.29, 1.82) is 0 Å². The Labute approximate surface area is 193 Å². The summed E-state index contributed by atoms with van der Waals surface area (Å²) in [4.78, 5) is 23.7. The number of carbonyl (C=O) groups is 2. The second-order valence-corrected chi connectivity index (χ2v) is 8.98. The topological polar surface area (TPSA) is 52.6 Å². The molecule has 0 aromatic heterocycles. The van der Waals surface area contributed by atoms with Crippen LogP contribution in [-0.2, 0) is 19.1 Å². The molecule has 0 amide bonds. The minimum absolute atomic E-state index is 0.0170. The van der Waals surface area contributed by atoms with Crippen molar-refractivity contribution < 1.29 is 19.1 Å². The van der Waals surface area contributed by atoms with E-state index in [0.29, 0.717) is 19.6 Å². The summed E-state index contributed by atoms with van der Waals surface area (Å²) < 4.78 is 10.7. The van der Waals surface area contributed by atoms with Crippen molar-refractivity contribution >= 4 is 11.9 Å². The maximum Gasteiger partial charge on any atom is 0.308 e. The van der Waals surface area contributed by atoms with Crippen LogP contribution < -0.4 is 0 Å². The van der Waals surface area contributed by atoms with Gasteiger partial charge in [0.25, 0.3) is 0 Å². The minimum Gasteiger partial charge on any atom is -0.466 e. The van der Waals surface area contributed by atoms with Crippen LogP contribution in [0, 0.1) is 5.92 Å². The van der Waals surface area contributed by atoms with E-state index in [1.165, 1.54) is 44.9 Å². The highest BCUT2D eigenvalue weighted by atomic mass is 16.5. The van der Waals surface area contributed by atoms with E-state index in [9.17, 15) is 9.59 Å². The van der Waals surface area contributed by atoms with E-state index in [1.807, 2.05) is 0 Å². The molecule has 0 N–H and O–H groups in total. The predicted octanol–water partition coefficient (Wildman–Crippen LogP) is 8.16. The van der Waals surface area contributed by atoms with Gasteiger partial charge in [-0.1, -0.05) is 104 Å². The first kappa shape index (κ1) is 29.9. The molecule has 0 heterocycles. The fourth-order valence-electron chi connectivity index (χ4n) is 3.82. The minimum atomic E-state index is -0.0221. The van der Waals surface area contributed by atoms with Gasteiger partial charge < -0.3 is 9.47 Å². The maximum atomic E-state index is 12.1. The average Bonchev–Trinajstić information content (AvgIpc) is 2.77. The van der Waals surface area contributed by atoms with Crippen LogP contribution in [0.25, 0.3) is 0 Å². The predicted molar refractivity (Wildman–Crippen MR) is 130 cm³/mol. The molecule has 1 unspecified atom stereocenters. The molecule has 31 heavy (non-hydrogen) atoms. The second-order valence-electron chi connectivity index (χ2n) is 8.98. The number of esters is 2. The number of ether oxygens (including phenoxy) is 2. The quantitative estimate of drug-likeness (QED) is 0.119. The summed E-state index contributed by atoms with van der Waals surface area (Å²) in [5.74, 6) is 0.0878. The molecule has 0 saturated carbocycles. The Balaban J connectivity index is 3.41. The van der Waals surface area contributed by atoms with E-state index >= 15 is 0 Å². The van der Waals surface area contributed by atoms with E-state index in [1.54, 1.807) is 0 Å². The smallest absolute Gasteiger partial charge is 0.308 e. The molecule has 4 nitrogen and oxygen atoms in total. The van der Waals surface area contributed by atoms with Crippen molar-refractivity contribution in [2.75, 3.05) is 13.2 Å². The summed E-state index contributed by atoms with van der Waals surface area (Å²) in [6.45, 7) is 7.59. The molecule has 184 valence electrons. The van der Waals surface area contributed by atoms with Gasteiger partial charge in [0.05, 0.1) is 19.1 Å². The van der Waals surface area contributed by atoms with Crippen LogP contribution in [0.15, 0.2) is 0 Å². The number of rotatable bonds is 23. The molecule has 0 spiro atoms. The molecule has 0 saturated heterocycles. The van der Waals surface area contributed by atoms with Crippen molar-refractivity contribution in [2.45, 2.75) is 143 Å². The molecule has 0 aromatic rings. The summed E-state index contributed by atoms with van der Waals surface area (Å²) in [6.07, 6.45) is 21.1. The van der Waals surface area contributed by atoms with Gasteiger partial charge in [-0.25, -0.2) is 0 Å². The Morgan fingerprint density at radius 1 is 0.581 bits per heavy atom. The van der Waals surface area contributed by atoms with Crippen LogP contribution in [0.3, 0.4) is 0 Å².